The van der Waals surface area contributed by atoms with E-state index in [1.165, 1.54) is 5.56 Å². The zero-order valence-corrected chi connectivity index (χ0v) is 12.1. The Bertz CT molecular complexity index is 604. The molecule has 106 valence electrons. The van der Waals surface area contributed by atoms with E-state index in [0.29, 0.717) is 6.54 Å². The van der Waals surface area contributed by atoms with Gasteiger partial charge in [0.25, 0.3) is 0 Å². The molecule has 0 spiro atoms. The summed E-state index contributed by atoms with van der Waals surface area (Å²) in [5, 5.41) is 7.58. The molecule has 1 unspecified atom stereocenters. The minimum absolute atomic E-state index is 0.161. The highest BCUT2D eigenvalue weighted by Gasteiger charge is 2.33. The van der Waals surface area contributed by atoms with Crippen LogP contribution in [0.4, 0.5) is 0 Å². The molecule has 1 aromatic heterocycles. The predicted octanol–water partition coefficient (Wildman–Crippen LogP) is 3.38. The van der Waals surface area contributed by atoms with Crippen molar-refractivity contribution in [2.24, 2.45) is 0 Å². The maximum Gasteiger partial charge on any atom is 0.133 e. The second kappa shape index (κ2) is 4.94. The van der Waals surface area contributed by atoms with Crippen LogP contribution >= 0.6 is 0 Å². The first kappa shape index (κ1) is 13.2. The van der Waals surface area contributed by atoms with Crippen molar-refractivity contribution in [2.75, 3.05) is 0 Å². The van der Waals surface area contributed by atoms with Crippen molar-refractivity contribution in [1.29, 1.82) is 0 Å². The van der Waals surface area contributed by atoms with E-state index < -0.39 is 0 Å². The molecule has 0 saturated carbocycles. The van der Waals surface area contributed by atoms with Crippen molar-refractivity contribution in [3.8, 4) is 5.75 Å². The van der Waals surface area contributed by atoms with Crippen LogP contribution in [0.15, 0.2) is 34.9 Å². The van der Waals surface area contributed by atoms with E-state index in [4.69, 9.17) is 9.26 Å². The standard InChI is InChI=1S/C16H20N2O2/c1-11-8-12(18-20-11)10-17-14-9-16(2,3)19-15-7-5-4-6-13(14)15/h4-8,14,17H,9-10H2,1-3H3. The maximum atomic E-state index is 6.03. The quantitative estimate of drug-likeness (QED) is 0.930. The highest BCUT2D eigenvalue weighted by molar-refractivity contribution is 5.38. The molecular formula is C16H20N2O2. The van der Waals surface area contributed by atoms with Gasteiger partial charge < -0.3 is 14.6 Å². The third-order valence-electron chi connectivity index (χ3n) is 3.58. The van der Waals surface area contributed by atoms with Gasteiger partial charge in [-0.2, -0.15) is 0 Å². The molecule has 3 rings (SSSR count). The van der Waals surface area contributed by atoms with Crippen molar-refractivity contribution in [1.82, 2.24) is 10.5 Å². The van der Waals surface area contributed by atoms with E-state index >= 15 is 0 Å². The van der Waals surface area contributed by atoms with Gasteiger partial charge in [0.1, 0.15) is 17.1 Å². The van der Waals surface area contributed by atoms with Crippen molar-refractivity contribution in [3.05, 3.63) is 47.3 Å². The summed E-state index contributed by atoms with van der Waals surface area (Å²) in [6.45, 7) is 6.85. The van der Waals surface area contributed by atoms with Gasteiger partial charge in [-0.25, -0.2) is 0 Å². The Kier molecular flexibility index (Phi) is 3.26. The molecule has 0 saturated heterocycles. The van der Waals surface area contributed by atoms with Gasteiger partial charge >= 0.3 is 0 Å². The predicted molar refractivity (Wildman–Crippen MR) is 76.6 cm³/mol. The summed E-state index contributed by atoms with van der Waals surface area (Å²) in [6.07, 6.45) is 0.931. The van der Waals surface area contributed by atoms with Gasteiger partial charge in [0.05, 0.1) is 5.69 Å². The van der Waals surface area contributed by atoms with E-state index in [1.54, 1.807) is 0 Å². The van der Waals surface area contributed by atoms with Gasteiger partial charge in [0, 0.05) is 30.6 Å². The second-order valence-electron chi connectivity index (χ2n) is 5.97. The van der Waals surface area contributed by atoms with E-state index in [0.717, 1.165) is 23.6 Å². The van der Waals surface area contributed by atoms with Crippen LogP contribution in [0.1, 0.15) is 43.3 Å². The first-order valence-electron chi connectivity index (χ1n) is 6.97. The fourth-order valence-electron chi connectivity index (χ4n) is 2.71. The smallest absolute Gasteiger partial charge is 0.133 e. The molecule has 1 aliphatic heterocycles. The topological polar surface area (TPSA) is 47.3 Å². The van der Waals surface area contributed by atoms with Gasteiger partial charge in [-0.3, -0.25) is 0 Å². The van der Waals surface area contributed by atoms with Gasteiger partial charge in [-0.15, -0.1) is 0 Å². The van der Waals surface area contributed by atoms with E-state index in [-0.39, 0.29) is 11.6 Å². The average Bonchev–Trinajstić information content (AvgIpc) is 2.80. The van der Waals surface area contributed by atoms with E-state index in [1.807, 2.05) is 25.1 Å². The number of hydrogen-bond donors (Lipinski definition) is 1. The van der Waals surface area contributed by atoms with Crippen molar-refractivity contribution in [2.45, 2.75) is 45.4 Å². The number of aryl methyl sites for hydroxylation is 1. The zero-order valence-electron chi connectivity index (χ0n) is 12.1. The lowest BCUT2D eigenvalue weighted by molar-refractivity contribution is 0.0656. The molecule has 1 atom stereocenters. The Morgan fingerprint density at radius 2 is 2.15 bits per heavy atom. The number of aromatic nitrogens is 1. The highest BCUT2D eigenvalue weighted by Crippen LogP contribution is 2.39. The molecular weight excluding hydrogens is 252 g/mol. The number of nitrogens with one attached hydrogen (secondary N) is 1. The van der Waals surface area contributed by atoms with Crippen LogP contribution in [0.2, 0.25) is 0 Å². The molecule has 1 aromatic carbocycles. The number of benzene rings is 1. The van der Waals surface area contributed by atoms with Crippen LogP contribution in [0.5, 0.6) is 5.75 Å². The molecule has 1 aliphatic rings. The zero-order chi connectivity index (χ0) is 14.2. The van der Waals surface area contributed by atoms with Crippen LogP contribution in [0, 0.1) is 6.92 Å². The first-order chi connectivity index (χ1) is 9.53. The van der Waals surface area contributed by atoms with Gasteiger partial charge in [-0.1, -0.05) is 23.4 Å². The summed E-state index contributed by atoms with van der Waals surface area (Å²) in [7, 11) is 0. The molecule has 2 aromatic rings. The number of nitrogens with zero attached hydrogens (tertiary/aromatic N) is 1. The van der Waals surface area contributed by atoms with Crippen molar-refractivity contribution < 1.29 is 9.26 Å². The average molecular weight is 272 g/mol. The summed E-state index contributed by atoms with van der Waals surface area (Å²) in [4.78, 5) is 0. The Labute approximate surface area is 119 Å². The minimum atomic E-state index is -0.161. The van der Waals surface area contributed by atoms with Crippen LogP contribution < -0.4 is 10.1 Å². The molecule has 0 bridgehead atoms. The molecule has 0 fully saturated rings. The number of fused-ring (bicyclic) bond motifs is 1. The van der Waals surface area contributed by atoms with Crippen LogP contribution in [0.3, 0.4) is 0 Å². The number of rotatable bonds is 3. The number of hydrogen-bond acceptors (Lipinski definition) is 4. The lowest BCUT2D eigenvalue weighted by Crippen LogP contribution is -2.39. The lowest BCUT2D eigenvalue weighted by atomic mass is 9.89. The van der Waals surface area contributed by atoms with Crippen LogP contribution in [-0.4, -0.2) is 10.8 Å². The summed E-state index contributed by atoms with van der Waals surface area (Å²) in [5.41, 5.74) is 1.99. The van der Waals surface area contributed by atoms with E-state index in [2.05, 4.69) is 36.5 Å². The number of para-hydroxylation sites is 1. The third-order valence-corrected chi connectivity index (χ3v) is 3.58. The molecule has 4 heteroatoms. The third kappa shape index (κ3) is 2.70. The molecule has 1 N–H and O–H groups in total. The summed E-state index contributed by atoms with van der Waals surface area (Å²) in [5.74, 6) is 1.81. The molecule has 0 radical (unpaired) electrons. The lowest BCUT2D eigenvalue weighted by Gasteiger charge is -2.38. The Hall–Kier alpha value is -1.81. The van der Waals surface area contributed by atoms with Crippen molar-refractivity contribution >= 4 is 0 Å². The molecule has 2 heterocycles. The van der Waals surface area contributed by atoms with Gasteiger partial charge in [0.2, 0.25) is 0 Å². The fraction of sp³-hybridized carbons (Fsp3) is 0.438. The maximum absolute atomic E-state index is 6.03. The van der Waals surface area contributed by atoms with Gasteiger partial charge in [0.15, 0.2) is 0 Å². The highest BCUT2D eigenvalue weighted by atomic mass is 16.5. The summed E-state index contributed by atoms with van der Waals surface area (Å²) in [6, 6.07) is 10.4. The Morgan fingerprint density at radius 1 is 1.35 bits per heavy atom. The molecule has 20 heavy (non-hydrogen) atoms. The fourth-order valence-corrected chi connectivity index (χ4v) is 2.71. The number of ether oxygens (including phenoxy) is 1. The van der Waals surface area contributed by atoms with Crippen LogP contribution in [0.25, 0.3) is 0 Å². The summed E-state index contributed by atoms with van der Waals surface area (Å²) >= 11 is 0. The van der Waals surface area contributed by atoms with E-state index in [9.17, 15) is 0 Å². The SMILES string of the molecule is Cc1cc(CNC2CC(C)(C)Oc3ccccc32)no1. The monoisotopic (exact) mass is 272 g/mol. The molecule has 0 aliphatic carbocycles. The minimum Gasteiger partial charge on any atom is -0.487 e. The second-order valence-corrected chi connectivity index (χ2v) is 5.97. The largest absolute Gasteiger partial charge is 0.487 e. The van der Waals surface area contributed by atoms with Gasteiger partial charge in [-0.05, 0) is 26.8 Å². The summed E-state index contributed by atoms with van der Waals surface area (Å²) < 4.78 is 11.1. The first-order valence-corrected chi connectivity index (χ1v) is 6.97. The Morgan fingerprint density at radius 3 is 2.90 bits per heavy atom. The van der Waals surface area contributed by atoms with Crippen molar-refractivity contribution in [3.63, 3.8) is 0 Å². The Balaban J connectivity index is 1.78. The molecule has 0 amide bonds. The van der Waals surface area contributed by atoms with Crippen LogP contribution in [-0.2, 0) is 6.54 Å². The molecule has 4 nitrogen and oxygen atoms in total. The normalized spacial score (nSPS) is 20.2.